The van der Waals surface area contributed by atoms with Crippen LogP contribution in [0.25, 0.3) is 0 Å². The largest absolute Gasteiger partial charge is 0.387 e. The molecule has 1 aromatic heterocycles. The normalized spacial score (nSPS) is 12.4. The quantitative estimate of drug-likeness (QED) is 0.890. The summed E-state index contributed by atoms with van der Waals surface area (Å²) in [6, 6.07) is 9.97. The fourth-order valence-corrected chi connectivity index (χ4v) is 2.46. The first kappa shape index (κ1) is 14.2. The zero-order chi connectivity index (χ0) is 13.7. The number of aliphatic hydroxyl groups excluding tert-OH is 1. The molecule has 19 heavy (non-hydrogen) atoms. The maximum Gasteiger partial charge on any atom is 0.0929 e. The second-order valence-corrected chi connectivity index (χ2v) is 5.38. The number of hydrogen-bond acceptors (Lipinski definition) is 3. The lowest BCUT2D eigenvalue weighted by molar-refractivity contribution is 0.174. The number of rotatable bonds is 5. The van der Waals surface area contributed by atoms with Crippen LogP contribution in [0.3, 0.4) is 0 Å². The van der Waals surface area contributed by atoms with Crippen molar-refractivity contribution < 1.29 is 5.11 Å². The summed E-state index contributed by atoms with van der Waals surface area (Å²) in [6.45, 7) is 3.29. The summed E-state index contributed by atoms with van der Waals surface area (Å²) >= 11 is 3.55. The summed E-state index contributed by atoms with van der Waals surface area (Å²) in [5, 5.41) is 13.3. The van der Waals surface area contributed by atoms with Crippen LogP contribution in [0.15, 0.2) is 47.2 Å². The van der Waals surface area contributed by atoms with E-state index in [0.29, 0.717) is 6.54 Å². The summed E-state index contributed by atoms with van der Waals surface area (Å²) in [5.41, 5.74) is 3.24. The van der Waals surface area contributed by atoms with Gasteiger partial charge in [-0.2, -0.15) is 0 Å². The number of halogens is 1. The molecule has 0 amide bonds. The minimum absolute atomic E-state index is 0.506. The van der Waals surface area contributed by atoms with Gasteiger partial charge in [0.05, 0.1) is 6.10 Å². The van der Waals surface area contributed by atoms with Gasteiger partial charge in [0, 0.05) is 35.5 Å². The van der Waals surface area contributed by atoms with E-state index in [1.807, 2.05) is 12.1 Å². The van der Waals surface area contributed by atoms with Crippen LogP contribution < -0.4 is 5.32 Å². The molecule has 0 bridgehead atoms. The van der Waals surface area contributed by atoms with Gasteiger partial charge in [0.1, 0.15) is 0 Å². The number of benzene rings is 1. The molecule has 0 fully saturated rings. The van der Waals surface area contributed by atoms with Gasteiger partial charge < -0.3 is 10.4 Å². The van der Waals surface area contributed by atoms with Crippen LogP contribution >= 0.6 is 15.9 Å². The Bertz CT molecular complexity index is 531. The molecule has 2 rings (SSSR count). The second kappa shape index (κ2) is 6.80. The van der Waals surface area contributed by atoms with Crippen LogP contribution in [0.4, 0.5) is 0 Å². The van der Waals surface area contributed by atoms with Gasteiger partial charge in [-0.1, -0.05) is 34.1 Å². The fraction of sp³-hybridized carbons (Fsp3) is 0.267. The molecular formula is C15H17BrN2O. The summed E-state index contributed by atoms with van der Waals surface area (Å²) in [4.78, 5) is 4.00. The van der Waals surface area contributed by atoms with E-state index in [2.05, 4.69) is 51.4 Å². The van der Waals surface area contributed by atoms with E-state index in [-0.39, 0.29) is 0 Å². The number of aryl methyl sites for hydroxylation is 1. The highest BCUT2D eigenvalue weighted by Gasteiger charge is 2.07. The maximum atomic E-state index is 10.00. The van der Waals surface area contributed by atoms with Crippen LogP contribution in [0.5, 0.6) is 0 Å². The number of hydrogen-bond donors (Lipinski definition) is 2. The maximum absolute atomic E-state index is 10.00. The number of nitrogens with zero attached hydrogens (tertiary/aromatic N) is 1. The minimum atomic E-state index is -0.530. The van der Waals surface area contributed by atoms with E-state index in [1.165, 1.54) is 11.1 Å². The van der Waals surface area contributed by atoms with E-state index < -0.39 is 6.10 Å². The van der Waals surface area contributed by atoms with E-state index in [0.717, 1.165) is 16.6 Å². The number of pyridine rings is 1. The molecule has 2 N–H and O–H groups in total. The van der Waals surface area contributed by atoms with Gasteiger partial charge >= 0.3 is 0 Å². The molecular weight excluding hydrogens is 304 g/mol. The Hall–Kier alpha value is -1.23. The molecule has 2 aromatic rings. The molecule has 3 nitrogen and oxygen atoms in total. The van der Waals surface area contributed by atoms with Crippen LogP contribution in [0.1, 0.15) is 22.8 Å². The Balaban J connectivity index is 1.86. The summed E-state index contributed by atoms with van der Waals surface area (Å²) in [6.07, 6.45) is 2.86. The molecule has 0 aliphatic carbocycles. The molecule has 4 heteroatoms. The third-order valence-electron chi connectivity index (χ3n) is 2.93. The fourth-order valence-electron chi connectivity index (χ4n) is 1.83. The van der Waals surface area contributed by atoms with E-state index in [9.17, 15) is 5.11 Å². The zero-order valence-electron chi connectivity index (χ0n) is 10.8. The van der Waals surface area contributed by atoms with Crippen molar-refractivity contribution in [3.05, 3.63) is 63.9 Å². The summed E-state index contributed by atoms with van der Waals surface area (Å²) < 4.78 is 1.09. The zero-order valence-corrected chi connectivity index (χ0v) is 12.4. The third-order valence-corrected chi connectivity index (χ3v) is 3.67. The van der Waals surface area contributed by atoms with Gasteiger partial charge in [-0.3, -0.25) is 4.98 Å². The Morgan fingerprint density at radius 2 is 2.21 bits per heavy atom. The first-order chi connectivity index (χ1) is 9.16. The van der Waals surface area contributed by atoms with Crippen LogP contribution in [-0.4, -0.2) is 16.6 Å². The minimum Gasteiger partial charge on any atom is -0.387 e. The van der Waals surface area contributed by atoms with Crippen molar-refractivity contribution in [1.29, 1.82) is 0 Å². The highest BCUT2D eigenvalue weighted by atomic mass is 79.9. The lowest BCUT2D eigenvalue weighted by Gasteiger charge is -2.12. The smallest absolute Gasteiger partial charge is 0.0929 e. The van der Waals surface area contributed by atoms with E-state index in [4.69, 9.17) is 0 Å². The van der Waals surface area contributed by atoms with Crippen molar-refractivity contribution in [1.82, 2.24) is 10.3 Å². The topological polar surface area (TPSA) is 45.1 Å². The predicted molar refractivity (Wildman–Crippen MR) is 79.8 cm³/mol. The molecule has 1 aromatic carbocycles. The lowest BCUT2D eigenvalue weighted by atomic mass is 10.1. The molecule has 100 valence electrons. The Kier molecular flexibility index (Phi) is 5.07. The van der Waals surface area contributed by atoms with Gasteiger partial charge in [-0.05, 0) is 30.2 Å². The van der Waals surface area contributed by atoms with Crippen molar-refractivity contribution >= 4 is 15.9 Å². The van der Waals surface area contributed by atoms with Gasteiger partial charge in [-0.15, -0.1) is 0 Å². The SMILES string of the molecule is Cc1ccc(CNC[C@H](O)c2cccnc2)c(Br)c1. The van der Waals surface area contributed by atoms with Gasteiger partial charge in [0.25, 0.3) is 0 Å². The van der Waals surface area contributed by atoms with Gasteiger partial charge in [0.15, 0.2) is 0 Å². The number of nitrogens with one attached hydrogen (secondary N) is 1. The molecule has 0 spiro atoms. The molecule has 1 atom stereocenters. The van der Waals surface area contributed by atoms with Crippen LogP contribution in [0.2, 0.25) is 0 Å². The lowest BCUT2D eigenvalue weighted by Crippen LogP contribution is -2.21. The van der Waals surface area contributed by atoms with Crippen molar-refractivity contribution in [2.24, 2.45) is 0 Å². The average molecular weight is 321 g/mol. The first-order valence-corrected chi connectivity index (χ1v) is 7.00. The molecule has 0 aliphatic heterocycles. The molecule has 0 aliphatic rings. The standard InChI is InChI=1S/C15H17BrN2O/c1-11-4-5-12(14(16)7-11)8-18-10-15(19)13-3-2-6-17-9-13/h2-7,9,15,18-19H,8,10H2,1H3/t15-/m0/s1. The monoisotopic (exact) mass is 320 g/mol. The molecule has 1 heterocycles. The van der Waals surface area contributed by atoms with E-state index in [1.54, 1.807) is 12.4 Å². The first-order valence-electron chi connectivity index (χ1n) is 6.20. The van der Waals surface area contributed by atoms with Crippen LogP contribution in [0, 0.1) is 6.92 Å². The Labute approximate surface area is 121 Å². The number of aliphatic hydroxyl groups is 1. The third kappa shape index (κ3) is 4.13. The Morgan fingerprint density at radius 3 is 2.89 bits per heavy atom. The molecule has 0 saturated carbocycles. The summed E-state index contributed by atoms with van der Waals surface area (Å²) in [5.74, 6) is 0. The second-order valence-electron chi connectivity index (χ2n) is 4.53. The highest BCUT2D eigenvalue weighted by Crippen LogP contribution is 2.18. The van der Waals surface area contributed by atoms with Crippen molar-refractivity contribution in [3.8, 4) is 0 Å². The van der Waals surface area contributed by atoms with Crippen molar-refractivity contribution in [2.75, 3.05) is 6.54 Å². The molecule has 0 radical (unpaired) electrons. The van der Waals surface area contributed by atoms with Gasteiger partial charge in [0.2, 0.25) is 0 Å². The van der Waals surface area contributed by atoms with Gasteiger partial charge in [-0.25, -0.2) is 0 Å². The van der Waals surface area contributed by atoms with Crippen molar-refractivity contribution in [2.45, 2.75) is 19.6 Å². The summed E-state index contributed by atoms with van der Waals surface area (Å²) in [7, 11) is 0. The van der Waals surface area contributed by atoms with Crippen LogP contribution in [-0.2, 0) is 6.54 Å². The number of aromatic nitrogens is 1. The average Bonchev–Trinajstić information content (AvgIpc) is 2.42. The Morgan fingerprint density at radius 1 is 1.37 bits per heavy atom. The molecule has 0 saturated heterocycles. The van der Waals surface area contributed by atoms with Crippen molar-refractivity contribution in [3.63, 3.8) is 0 Å². The molecule has 0 unspecified atom stereocenters. The predicted octanol–water partition coefficient (Wildman–Crippen LogP) is 2.98. The van der Waals surface area contributed by atoms with E-state index >= 15 is 0 Å². The highest BCUT2D eigenvalue weighted by molar-refractivity contribution is 9.10.